The first-order valence-electron chi connectivity index (χ1n) is 9.78. The van der Waals surface area contributed by atoms with Crippen LogP contribution in [-0.2, 0) is 4.74 Å². The molecule has 1 aliphatic heterocycles. The average molecular weight is 392 g/mol. The molecule has 1 aromatic heterocycles. The molecule has 4 rings (SSSR count). The SMILES string of the molecule is Cc1ccc(C)c(N=c2oc3cc(O)ccc3cc2C(=O)NCC2CCCO2)c1. The lowest BCUT2D eigenvalue weighted by Crippen LogP contribution is -2.34. The van der Waals surface area contributed by atoms with Crippen LogP contribution in [0.25, 0.3) is 11.0 Å². The van der Waals surface area contributed by atoms with Crippen LogP contribution in [0.2, 0.25) is 0 Å². The molecule has 2 heterocycles. The maximum absolute atomic E-state index is 12.9. The number of carbonyl (C=O) groups is 1. The molecular weight excluding hydrogens is 368 g/mol. The van der Waals surface area contributed by atoms with E-state index in [1.165, 1.54) is 6.07 Å². The van der Waals surface area contributed by atoms with Crippen molar-refractivity contribution in [3.05, 3.63) is 64.7 Å². The molecule has 0 saturated carbocycles. The first-order valence-corrected chi connectivity index (χ1v) is 9.78. The number of amides is 1. The molecule has 1 amide bonds. The van der Waals surface area contributed by atoms with Crippen LogP contribution in [0.5, 0.6) is 5.75 Å². The zero-order valence-electron chi connectivity index (χ0n) is 16.6. The van der Waals surface area contributed by atoms with Crippen molar-refractivity contribution in [2.75, 3.05) is 13.2 Å². The van der Waals surface area contributed by atoms with Gasteiger partial charge in [-0.15, -0.1) is 0 Å². The number of fused-ring (bicyclic) bond motifs is 1. The van der Waals surface area contributed by atoms with Crippen molar-refractivity contribution in [2.24, 2.45) is 4.99 Å². The van der Waals surface area contributed by atoms with Crippen molar-refractivity contribution in [1.29, 1.82) is 0 Å². The Labute approximate surface area is 168 Å². The Morgan fingerprint density at radius 2 is 2.07 bits per heavy atom. The van der Waals surface area contributed by atoms with Gasteiger partial charge in [-0.1, -0.05) is 12.1 Å². The van der Waals surface area contributed by atoms with Crippen LogP contribution in [0.4, 0.5) is 5.69 Å². The molecule has 1 aliphatic rings. The van der Waals surface area contributed by atoms with Crippen LogP contribution >= 0.6 is 0 Å². The smallest absolute Gasteiger partial charge is 0.256 e. The van der Waals surface area contributed by atoms with Gasteiger partial charge in [0.15, 0.2) is 0 Å². The second kappa shape index (κ2) is 8.09. The van der Waals surface area contributed by atoms with Crippen LogP contribution in [0.15, 0.2) is 51.9 Å². The fourth-order valence-electron chi connectivity index (χ4n) is 3.41. The molecular formula is C23H24N2O4. The number of nitrogens with zero attached hydrogens (tertiary/aromatic N) is 1. The number of rotatable bonds is 4. The topological polar surface area (TPSA) is 84.1 Å². The number of hydrogen-bond donors (Lipinski definition) is 2. The lowest BCUT2D eigenvalue weighted by molar-refractivity contribution is 0.0854. The molecule has 1 unspecified atom stereocenters. The first kappa shape index (κ1) is 19.2. The van der Waals surface area contributed by atoms with Gasteiger partial charge < -0.3 is 19.6 Å². The third-order valence-corrected chi connectivity index (χ3v) is 5.08. The van der Waals surface area contributed by atoms with Crippen molar-refractivity contribution in [2.45, 2.75) is 32.8 Å². The highest BCUT2D eigenvalue weighted by Crippen LogP contribution is 2.22. The highest BCUT2D eigenvalue weighted by molar-refractivity contribution is 5.96. The number of ether oxygens (including phenoxy) is 1. The van der Waals surface area contributed by atoms with Gasteiger partial charge in [0.2, 0.25) is 5.55 Å². The molecule has 0 aliphatic carbocycles. The van der Waals surface area contributed by atoms with E-state index in [1.54, 1.807) is 18.2 Å². The van der Waals surface area contributed by atoms with Crippen LogP contribution in [0.1, 0.15) is 34.3 Å². The lowest BCUT2D eigenvalue weighted by Gasteiger charge is -2.11. The van der Waals surface area contributed by atoms with Gasteiger partial charge in [-0.3, -0.25) is 4.79 Å². The Morgan fingerprint density at radius 3 is 2.86 bits per heavy atom. The van der Waals surface area contributed by atoms with Crippen LogP contribution in [0, 0.1) is 13.8 Å². The third kappa shape index (κ3) is 4.32. The highest BCUT2D eigenvalue weighted by atomic mass is 16.5. The van der Waals surface area contributed by atoms with Gasteiger partial charge in [0.1, 0.15) is 16.9 Å². The van der Waals surface area contributed by atoms with Gasteiger partial charge in [-0.25, -0.2) is 4.99 Å². The van der Waals surface area contributed by atoms with Gasteiger partial charge >= 0.3 is 0 Å². The molecule has 0 bridgehead atoms. The van der Waals surface area contributed by atoms with Gasteiger partial charge in [-0.2, -0.15) is 0 Å². The molecule has 3 aromatic rings. The number of phenols is 1. The van der Waals surface area contributed by atoms with E-state index < -0.39 is 0 Å². The van der Waals surface area contributed by atoms with E-state index in [1.807, 2.05) is 32.0 Å². The third-order valence-electron chi connectivity index (χ3n) is 5.08. The summed E-state index contributed by atoms with van der Waals surface area (Å²) in [7, 11) is 0. The Kier molecular flexibility index (Phi) is 5.36. The summed E-state index contributed by atoms with van der Waals surface area (Å²) in [6.45, 7) is 5.14. The Balaban J connectivity index is 1.79. The van der Waals surface area contributed by atoms with E-state index >= 15 is 0 Å². The Hall–Kier alpha value is -3.12. The normalized spacial score (nSPS) is 17.0. The minimum absolute atomic E-state index is 0.0488. The maximum Gasteiger partial charge on any atom is 0.256 e. The summed E-state index contributed by atoms with van der Waals surface area (Å²) >= 11 is 0. The number of hydrogen-bond acceptors (Lipinski definition) is 5. The fourth-order valence-corrected chi connectivity index (χ4v) is 3.41. The van der Waals surface area contributed by atoms with Crippen LogP contribution in [-0.4, -0.2) is 30.3 Å². The molecule has 0 spiro atoms. The molecule has 29 heavy (non-hydrogen) atoms. The van der Waals surface area contributed by atoms with E-state index in [2.05, 4.69) is 10.3 Å². The fraction of sp³-hybridized carbons (Fsp3) is 0.304. The molecule has 1 atom stereocenters. The standard InChI is InChI=1S/C23H24N2O4/c1-14-5-6-15(2)20(10-14)25-23-19(22(27)24-13-18-4-3-9-28-18)11-16-7-8-17(26)12-21(16)29-23/h5-8,10-12,18,26H,3-4,9,13H2,1-2H3,(H,24,27). The summed E-state index contributed by atoms with van der Waals surface area (Å²) in [5, 5.41) is 13.4. The molecule has 1 fully saturated rings. The molecule has 2 aromatic carbocycles. The summed E-state index contributed by atoms with van der Waals surface area (Å²) in [6.07, 6.45) is 2.01. The van der Waals surface area contributed by atoms with Gasteiger partial charge in [0, 0.05) is 24.6 Å². The van der Waals surface area contributed by atoms with Crippen molar-refractivity contribution in [3.8, 4) is 5.75 Å². The number of benzene rings is 2. The predicted molar refractivity (Wildman–Crippen MR) is 110 cm³/mol. The zero-order chi connectivity index (χ0) is 20.4. The van der Waals surface area contributed by atoms with Crippen molar-refractivity contribution < 1.29 is 19.1 Å². The summed E-state index contributed by atoms with van der Waals surface area (Å²) in [5.41, 5.74) is 3.81. The highest BCUT2D eigenvalue weighted by Gasteiger charge is 2.18. The predicted octanol–water partition coefficient (Wildman–Crippen LogP) is 3.90. The molecule has 1 saturated heterocycles. The number of aryl methyl sites for hydroxylation is 2. The van der Waals surface area contributed by atoms with E-state index in [0.717, 1.165) is 36.3 Å². The monoisotopic (exact) mass is 392 g/mol. The minimum Gasteiger partial charge on any atom is -0.508 e. The Morgan fingerprint density at radius 1 is 1.21 bits per heavy atom. The summed E-state index contributed by atoms with van der Waals surface area (Å²) in [5.74, 6) is -0.169. The second-order valence-corrected chi connectivity index (χ2v) is 7.43. The summed E-state index contributed by atoms with van der Waals surface area (Å²) in [4.78, 5) is 17.6. The van der Waals surface area contributed by atoms with Gasteiger partial charge in [0.25, 0.3) is 5.91 Å². The largest absolute Gasteiger partial charge is 0.508 e. The number of carbonyl (C=O) groups excluding carboxylic acids is 1. The number of phenolic OH excluding ortho intramolecular Hbond substituents is 1. The van der Waals surface area contributed by atoms with Crippen molar-refractivity contribution in [3.63, 3.8) is 0 Å². The number of nitrogens with one attached hydrogen (secondary N) is 1. The molecule has 2 N–H and O–H groups in total. The quantitative estimate of drug-likeness (QED) is 0.705. The van der Waals surface area contributed by atoms with E-state index in [4.69, 9.17) is 9.15 Å². The maximum atomic E-state index is 12.9. The second-order valence-electron chi connectivity index (χ2n) is 7.43. The first-order chi connectivity index (χ1) is 14.0. The van der Waals surface area contributed by atoms with E-state index in [-0.39, 0.29) is 23.3 Å². The lowest BCUT2D eigenvalue weighted by atomic mass is 10.1. The molecule has 6 heteroatoms. The molecule has 150 valence electrons. The van der Waals surface area contributed by atoms with E-state index in [0.29, 0.717) is 23.1 Å². The van der Waals surface area contributed by atoms with Gasteiger partial charge in [0.05, 0.1) is 11.8 Å². The van der Waals surface area contributed by atoms with Crippen molar-refractivity contribution in [1.82, 2.24) is 5.32 Å². The number of aromatic hydroxyl groups is 1. The zero-order valence-corrected chi connectivity index (χ0v) is 16.6. The molecule has 0 radical (unpaired) electrons. The Bertz CT molecular complexity index is 1130. The van der Waals surface area contributed by atoms with Crippen LogP contribution in [0.3, 0.4) is 0 Å². The van der Waals surface area contributed by atoms with Crippen molar-refractivity contribution >= 4 is 22.6 Å². The summed E-state index contributed by atoms with van der Waals surface area (Å²) in [6, 6.07) is 12.5. The van der Waals surface area contributed by atoms with E-state index in [9.17, 15) is 9.90 Å². The minimum atomic E-state index is -0.261. The summed E-state index contributed by atoms with van der Waals surface area (Å²) < 4.78 is 11.5. The molecule has 6 nitrogen and oxygen atoms in total. The van der Waals surface area contributed by atoms with Gasteiger partial charge in [-0.05, 0) is 62.1 Å². The average Bonchev–Trinajstić information content (AvgIpc) is 3.22. The van der Waals surface area contributed by atoms with Crippen LogP contribution < -0.4 is 10.9 Å².